The first-order valence-corrected chi connectivity index (χ1v) is 4.12. The number of nitrogens with zero attached hydrogens (tertiary/aromatic N) is 2. The average molecular weight is 221 g/mol. The minimum absolute atomic E-state index is 0.296. The molecule has 0 N–H and O–H groups in total. The average Bonchev–Trinajstić information content (AvgIpc) is 2.08. The highest BCUT2D eigenvalue weighted by Crippen LogP contribution is 2.18. The van der Waals surface area contributed by atoms with Crippen LogP contribution in [-0.4, -0.2) is 9.78 Å². The standard InChI is InChI=1S/C7H10BrFN2/c1-7(2,3)11-6(9)4-5(8)10-11/h4H,1-3H3. The number of aromatic nitrogens is 2. The fraction of sp³-hybridized carbons (Fsp3) is 0.571. The van der Waals surface area contributed by atoms with E-state index in [1.807, 2.05) is 20.8 Å². The Labute approximate surface area is 73.5 Å². The Morgan fingerprint density at radius 2 is 2.09 bits per heavy atom. The summed E-state index contributed by atoms with van der Waals surface area (Å²) in [6, 6.07) is 1.35. The van der Waals surface area contributed by atoms with E-state index in [1.165, 1.54) is 10.7 Å². The molecule has 0 amide bonds. The molecule has 4 heteroatoms. The van der Waals surface area contributed by atoms with E-state index in [4.69, 9.17) is 0 Å². The third kappa shape index (κ3) is 1.80. The van der Waals surface area contributed by atoms with Gasteiger partial charge in [0.25, 0.3) is 0 Å². The van der Waals surface area contributed by atoms with Gasteiger partial charge in [-0.3, -0.25) is 0 Å². The van der Waals surface area contributed by atoms with Gasteiger partial charge in [-0.15, -0.1) is 0 Å². The molecule has 2 nitrogen and oxygen atoms in total. The van der Waals surface area contributed by atoms with Crippen LogP contribution in [0, 0.1) is 5.95 Å². The fourth-order valence-corrected chi connectivity index (χ4v) is 1.15. The molecule has 0 aliphatic rings. The topological polar surface area (TPSA) is 17.8 Å². The summed E-state index contributed by atoms with van der Waals surface area (Å²) in [5.74, 6) is -0.315. The zero-order valence-electron chi connectivity index (χ0n) is 6.73. The molecule has 0 aliphatic carbocycles. The molecule has 0 atom stereocenters. The third-order valence-electron chi connectivity index (χ3n) is 1.27. The van der Waals surface area contributed by atoms with Gasteiger partial charge < -0.3 is 0 Å². The van der Waals surface area contributed by atoms with Gasteiger partial charge in [-0.1, -0.05) is 0 Å². The van der Waals surface area contributed by atoms with Crippen molar-refractivity contribution in [2.45, 2.75) is 26.3 Å². The third-order valence-corrected chi connectivity index (χ3v) is 1.66. The summed E-state index contributed by atoms with van der Waals surface area (Å²) in [6.07, 6.45) is 0. The van der Waals surface area contributed by atoms with Crippen molar-refractivity contribution in [2.24, 2.45) is 0 Å². The zero-order valence-corrected chi connectivity index (χ0v) is 8.31. The van der Waals surface area contributed by atoms with Crippen molar-refractivity contribution in [1.82, 2.24) is 9.78 Å². The van der Waals surface area contributed by atoms with Gasteiger partial charge in [-0.25, -0.2) is 4.68 Å². The largest absolute Gasteiger partial charge is 0.233 e. The predicted octanol–water partition coefficient (Wildman–Crippen LogP) is 2.54. The van der Waals surface area contributed by atoms with Crippen molar-refractivity contribution < 1.29 is 4.39 Å². The summed E-state index contributed by atoms with van der Waals surface area (Å²) < 4.78 is 14.9. The molecule has 0 aliphatic heterocycles. The molecule has 0 bridgehead atoms. The molecule has 0 saturated heterocycles. The maximum atomic E-state index is 13.0. The van der Waals surface area contributed by atoms with Crippen molar-refractivity contribution in [2.75, 3.05) is 0 Å². The molecule has 0 saturated carbocycles. The SMILES string of the molecule is CC(C)(C)n1nc(Br)cc1F. The molecule has 11 heavy (non-hydrogen) atoms. The maximum Gasteiger partial charge on any atom is 0.213 e. The van der Waals surface area contributed by atoms with Gasteiger partial charge in [0.05, 0.1) is 5.54 Å². The minimum Gasteiger partial charge on any atom is -0.233 e. The van der Waals surface area contributed by atoms with E-state index in [0.29, 0.717) is 4.60 Å². The van der Waals surface area contributed by atoms with E-state index in [2.05, 4.69) is 21.0 Å². The van der Waals surface area contributed by atoms with Crippen LogP contribution in [0.4, 0.5) is 4.39 Å². The molecule has 0 radical (unpaired) electrons. The van der Waals surface area contributed by atoms with Crippen molar-refractivity contribution in [3.8, 4) is 0 Å². The highest BCUT2D eigenvalue weighted by atomic mass is 79.9. The lowest BCUT2D eigenvalue weighted by Crippen LogP contribution is -2.24. The van der Waals surface area contributed by atoms with Gasteiger partial charge in [0.2, 0.25) is 5.95 Å². The minimum atomic E-state index is -0.315. The lowest BCUT2D eigenvalue weighted by atomic mass is 10.1. The van der Waals surface area contributed by atoms with Crippen LogP contribution in [0.3, 0.4) is 0 Å². The van der Waals surface area contributed by atoms with E-state index < -0.39 is 0 Å². The second-order valence-corrected chi connectivity index (χ2v) is 4.18. The Bertz CT molecular complexity index is 262. The van der Waals surface area contributed by atoms with E-state index in [9.17, 15) is 4.39 Å². The molecule has 62 valence electrons. The maximum absolute atomic E-state index is 13.0. The molecule has 1 aromatic heterocycles. The highest BCUT2D eigenvalue weighted by molar-refractivity contribution is 9.10. The molecule has 1 heterocycles. The first-order valence-electron chi connectivity index (χ1n) is 3.33. The normalized spacial score (nSPS) is 12.1. The van der Waals surface area contributed by atoms with Crippen molar-refractivity contribution >= 4 is 15.9 Å². The highest BCUT2D eigenvalue weighted by Gasteiger charge is 2.18. The fourth-order valence-electron chi connectivity index (χ4n) is 0.802. The first-order chi connectivity index (χ1) is 4.91. The number of hydrogen-bond donors (Lipinski definition) is 0. The van der Waals surface area contributed by atoms with E-state index >= 15 is 0 Å². The molecule has 1 rings (SSSR count). The van der Waals surface area contributed by atoms with Crippen LogP contribution >= 0.6 is 15.9 Å². The number of rotatable bonds is 0. The molecule has 0 unspecified atom stereocenters. The van der Waals surface area contributed by atoms with Crippen LogP contribution in [0.2, 0.25) is 0 Å². The van der Waals surface area contributed by atoms with E-state index in [1.54, 1.807) is 0 Å². The van der Waals surface area contributed by atoms with Gasteiger partial charge >= 0.3 is 0 Å². The zero-order chi connectivity index (χ0) is 8.65. The molecule has 1 aromatic rings. The van der Waals surface area contributed by atoms with E-state index in [0.717, 1.165) is 0 Å². The lowest BCUT2D eigenvalue weighted by molar-refractivity contribution is 0.299. The van der Waals surface area contributed by atoms with Crippen LogP contribution in [0.1, 0.15) is 20.8 Å². The van der Waals surface area contributed by atoms with Crippen LogP contribution in [-0.2, 0) is 5.54 Å². The Balaban J connectivity index is 3.13. The van der Waals surface area contributed by atoms with Gasteiger partial charge in [-0.05, 0) is 36.7 Å². The molecular formula is C7H10BrFN2. The summed E-state index contributed by atoms with van der Waals surface area (Å²) in [4.78, 5) is 0. The lowest BCUT2D eigenvalue weighted by Gasteiger charge is -2.19. The summed E-state index contributed by atoms with van der Waals surface area (Å²) in [7, 11) is 0. The number of hydrogen-bond acceptors (Lipinski definition) is 1. The molecule has 0 spiro atoms. The smallest absolute Gasteiger partial charge is 0.213 e. The Morgan fingerprint density at radius 1 is 1.55 bits per heavy atom. The number of halogens is 2. The quantitative estimate of drug-likeness (QED) is 0.658. The van der Waals surface area contributed by atoms with Gasteiger partial charge in [0.15, 0.2) is 0 Å². The van der Waals surface area contributed by atoms with Gasteiger partial charge in [0, 0.05) is 6.07 Å². The summed E-state index contributed by atoms with van der Waals surface area (Å²) in [6.45, 7) is 5.70. The monoisotopic (exact) mass is 220 g/mol. The second-order valence-electron chi connectivity index (χ2n) is 3.37. The van der Waals surface area contributed by atoms with E-state index in [-0.39, 0.29) is 11.5 Å². The van der Waals surface area contributed by atoms with Crippen LogP contribution in [0.15, 0.2) is 10.7 Å². The first kappa shape index (κ1) is 8.71. The van der Waals surface area contributed by atoms with Crippen molar-refractivity contribution in [3.05, 3.63) is 16.6 Å². The predicted molar refractivity (Wildman–Crippen MR) is 44.9 cm³/mol. The molecule has 0 fully saturated rings. The molecular weight excluding hydrogens is 211 g/mol. The van der Waals surface area contributed by atoms with Gasteiger partial charge in [-0.2, -0.15) is 9.49 Å². The molecule has 0 aromatic carbocycles. The van der Waals surface area contributed by atoms with Gasteiger partial charge in [0.1, 0.15) is 4.60 Å². The van der Waals surface area contributed by atoms with Crippen LogP contribution in [0.25, 0.3) is 0 Å². The van der Waals surface area contributed by atoms with Crippen molar-refractivity contribution in [3.63, 3.8) is 0 Å². The Kier molecular flexibility index (Phi) is 2.05. The second kappa shape index (κ2) is 2.59. The summed E-state index contributed by atoms with van der Waals surface area (Å²) >= 11 is 3.10. The van der Waals surface area contributed by atoms with Crippen molar-refractivity contribution in [1.29, 1.82) is 0 Å². The Hall–Kier alpha value is -0.380. The van der Waals surface area contributed by atoms with Crippen LogP contribution < -0.4 is 0 Å². The van der Waals surface area contributed by atoms with Crippen LogP contribution in [0.5, 0.6) is 0 Å². The summed E-state index contributed by atoms with van der Waals surface area (Å²) in [5.41, 5.74) is -0.296. The Morgan fingerprint density at radius 3 is 2.27 bits per heavy atom. The summed E-state index contributed by atoms with van der Waals surface area (Å²) in [5, 5.41) is 3.94.